The van der Waals surface area contributed by atoms with Gasteiger partial charge in [-0.3, -0.25) is 0 Å². The van der Waals surface area contributed by atoms with Gasteiger partial charge in [0.05, 0.1) is 15.8 Å². The minimum Gasteiger partial charge on any atom is -0.457 e. The van der Waals surface area contributed by atoms with Gasteiger partial charge in [0.25, 0.3) is 0 Å². The molecule has 0 unspecified atom stereocenters. The van der Waals surface area contributed by atoms with Crippen molar-refractivity contribution in [2.24, 2.45) is 0 Å². The van der Waals surface area contributed by atoms with Gasteiger partial charge >= 0.3 is 0 Å². The Morgan fingerprint density at radius 1 is 1.00 bits per heavy atom. The molecule has 2 aromatic carbocycles. The molecule has 2 heterocycles. The minimum absolute atomic E-state index is 0.505. The molecular weight excluding hydrogens is 316 g/mol. The SMILES string of the molecule is N#C/C(=C\c1ccc(-c2ccccc2)o1)c1nc2ccccc2s1. The number of rotatable bonds is 3. The predicted molar refractivity (Wildman–Crippen MR) is 97.2 cm³/mol. The lowest BCUT2D eigenvalue weighted by atomic mass is 10.2. The first-order valence-corrected chi connectivity index (χ1v) is 8.28. The van der Waals surface area contributed by atoms with Crippen LogP contribution in [0.4, 0.5) is 0 Å². The van der Waals surface area contributed by atoms with E-state index in [1.54, 1.807) is 6.08 Å². The number of para-hydroxylation sites is 1. The van der Waals surface area contributed by atoms with Crippen LogP contribution < -0.4 is 0 Å². The Labute approximate surface area is 143 Å². The number of fused-ring (bicyclic) bond motifs is 1. The quantitative estimate of drug-likeness (QED) is 0.459. The van der Waals surface area contributed by atoms with E-state index in [0.717, 1.165) is 21.5 Å². The fourth-order valence-electron chi connectivity index (χ4n) is 2.46. The molecule has 0 aliphatic heterocycles. The largest absolute Gasteiger partial charge is 0.457 e. The molecule has 0 fully saturated rings. The Balaban J connectivity index is 1.71. The Kier molecular flexibility index (Phi) is 3.70. The molecule has 0 spiro atoms. The number of hydrogen-bond acceptors (Lipinski definition) is 4. The van der Waals surface area contributed by atoms with Gasteiger partial charge in [0.1, 0.15) is 22.6 Å². The maximum absolute atomic E-state index is 9.50. The lowest BCUT2D eigenvalue weighted by Gasteiger charge is -1.95. The van der Waals surface area contributed by atoms with Crippen molar-refractivity contribution in [3.63, 3.8) is 0 Å². The zero-order chi connectivity index (χ0) is 16.4. The molecule has 4 heteroatoms. The van der Waals surface area contributed by atoms with E-state index in [1.165, 1.54) is 11.3 Å². The average Bonchev–Trinajstić information content (AvgIpc) is 3.27. The number of aromatic nitrogens is 1. The van der Waals surface area contributed by atoms with Gasteiger partial charge in [-0.2, -0.15) is 5.26 Å². The van der Waals surface area contributed by atoms with Gasteiger partial charge in [0, 0.05) is 11.6 Å². The molecule has 0 N–H and O–H groups in total. The highest BCUT2D eigenvalue weighted by Gasteiger charge is 2.10. The van der Waals surface area contributed by atoms with E-state index in [2.05, 4.69) is 11.1 Å². The molecule has 0 bridgehead atoms. The van der Waals surface area contributed by atoms with Crippen LogP contribution in [0.25, 0.3) is 33.2 Å². The number of allylic oxidation sites excluding steroid dienone is 1. The van der Waals surface area contributed by atoms with Crippen LogP contribution in [0, 0.1) is 11.3 Å². The average molecular weight is 328 g/mol. The number of furan rings is 1. The number of benzene rings is 2. The summed E-state index contributed by atoms with van der Waals surface area (Å²) < 4.78 is 6.91. The van der Waals surface area contributed by atoms with Crippen LogP contribution >= 0.6 is 11.3 Å². The van der Waals surface area contributed by atoms with Crippen LogP contribution in [0.1, 0.15) is 10.8 Å². The Morgan fingerprint density at radius 2 is 1.79 bits per heavy atom. The summed E-state index contributed by atoms with van der Waals surface area (Å²) in [6.07, 6.45) is 1.74. The summed E-state index contributed by atoms with van der Waals surface area (Å²) in [6.45, 7) is 0. The summed E-state index contributed by atoms with van der Waals surface area (Å²) >= 11 is 1.51. The van der Waals surface area contributed by atoms with Gasteiger partial charge in [-0.15, -0.1) is 11.3 Å². The number of hydrogen-bond donors (Lipinski definition) is 0. The van der Waals surface area contributed by atoms with Crippen LogP contribution in [0.5, 0.6) is 0 Å². The monoisotopic (exact) mass is 328 g/mol. The smallest absolute Gasteiger partial charge is 0.135 e. The number of nitriles is 1. The van der Waals surface area contributed by atoms with E-state index in [4.69, 9.17) is 4.42 Å². The Morgan fingerprint density at radius 3 is 2.58 bits per heavy atom. The molecule has 114 valence electrons. The first-order chi connectivity index (χ1) is 11.8. The van der Waals surface area contributed by atoms with Crippen LogP contribution in [0.3, 0.4) is 0 Å². The lowest BCUT2D eigenvalue weighted by molar-refractivity contribution is 0.572. The van der Waals surface area contributed by atoms with Gasteiger partial charge in [-0.25, -0.2) is 4.98 Å². The molecule has 0 radical (unpaired) electrons. The fourth-order valence-corrected chi connectivity index (χ4v) is 3.39. The third-order valence-electron chi connectivity index (χ3n) is 3.62. The van der Waals surface area contributed by atoms with Crippen molar-refractivity contribution in [3.8, 4) is 17.4 Å². The van der Waals surface area contributed by atoms with Crippen molar-refractivity contribution in [1.29, 1.82) is 5.26 Å². The van der Waals surface area contributed by atoms with E-state index >= 15 is 0 Å². The van der Waals surface area contributed by atoms with Gasteiger partial charge < -0.3 is 4.42 Å². The van der Waals surface area contributed by atoms with E-state index in [9.17, 15) is 5.26 Å². The molecule has 4 aromatic rings. The minimum atomic E-state index is 0.505. The molecule has 0 aliphatic carbocycles. The van der Waals surface area contributed by atoms with Crippen molar-refractivity contribution >= 4 is 33.2 Å². The van der Waals surface area contributed by atoms with Crippen molar-refractivity contribution in [2.75, 3.05) is 0 Å². The topological polar surface area (TPSA) is 49.8 Å². The second-order valence-corrected chi connectivity index (χ2v) is 6.26. The van der Waals surface area contributed by atoms with Crippen LogP contribution in [-0.4, -0.2) is 4.98 Å². The summed E-state index contributed by atoms with van der Waals surface area (Å²) in [4.78, 5) is 4.53. The molecule has 24 heavy (non-hydrogen) atoms. The molecule has 2 aromatic heterocycles. The predicted octanol–water partition coefficient (Wildman–Crippen LogP) is 5.62. The normalized spacial score (nSPS) is 11.5. The van der Waals surface area contributed by atoms with Crippen molar-refractivity contribution in [3.05, 3.63) is 77.5 Å². The van der Waals surface area contributed by atoms with Crippen LogP contribution in [0.15, 0.2) is 71.1 Å². The van der Waals surface area contributed by atoms with E-state index in [1.807, 2.05) is 66.7 Å². The standard InChI is InChI=1S/C20H12N2OS/c21-13-15(20-22-17-8-4-5-9-19(17)24-20)12-16-10-11-18(23-16)14-6-2-1-3-7-14/h1-12H/b15-12+. The molecule has 0 amide bonds. The summed E-state index contributed by atoms with van der Waals surface area (Å²) in [5.41, 5.74) is 2.42. The Hall–Kier alpha value is -3.16. The molecule has 0 saturated carbocycles. The number of thiazole rings is 1. The first kappa shape index (κ1) is 14.4. The maximum atomic E-state index is 9.50. The van der Waals surface area contributed by atoms with Crippen molar-refractivity contribution in [1.82, 2.24) is 4.98 Å². The number of nitrogens with zero attached hydrogens (tertiary/aromatic N) is 2. The molecule has 0 atom stereocenters. The summed E-state index contributed by atoms with van der Waals surface area (Å²) in [5, 5.41) is 10.2. The molecular formula is C20H12N2OS. The van der Waals surface area contributed by atoms with Gasteiger partial charge in [0.2, 0.25) is 0 Å². The molecule has 0 aliphatic rings. The van der Waals surface area contributed by atoms with Gasteiger partial charge in [-0.05, 0) is 24.3 Å². The van der Waals surface area contributed by atoms with Gasteiger partial charge in [-0.1, -0.05) is 42.5 Å². The van der Waals surface area contributed by atoms with E-state index < -0.39 is 0 Å². The summed E-state index contributed by atoms with van der Waals surface area (Å²) in [6, 6.07) is 23.8. The second kappa shape index (κ2) is 6.15. The zero-order valence-electron chi connectivity index (χ0n) is 12.6. The highest BCUT2D eigenvalue weighted by atomic mass is 32.1. The highest BCUT2D eigenvalue weighted by Crippen LogP contribution is 2.29. The van der Waals surface area contributed by atoms with Crippen molar-refractivity contribution < 1.29 is 4.42 Å². The van der Waals surface area contributed by atoms with E-state index in [-0.39, 0.29) is 0 Å². The lowest BCUT2D eigenvalue weighted by Crippen LogP contribution is -1.79. The molecule has 4 rings (SSSR count). The first-order valence-electron chi connectivity index (χ1n) is 7.46. The molecule has 3 nitrogen and oxygen atoms in total. The van der Waals surface area contributed by atoms with Crippen molar-refractivity contribution in [2.45, 2.75) is 0 Å². The zero-order valence-corrected chi connectivity index (χ0v) is 13.5. The third-order valence-corrected chi connectivity index (χ3v) is 4.69. The highest BCUT2D eigenvalue weighted by molar-refractivity contribution is 7.19. The third kappa shape index (κ3) is 2.73. The van der Waals surface area contributed by atoms with Crippen LogP contribution in [-0.2, 0) is 0 Å². The molecule has 0 saturated heterocycles. The second-order valence-electron chi connectivity index (χ2n) is 5.22. The maximum Gasteiger partial charge on any atom is 0.135 e. The Bertz CT molecular complexity index is 1030. The summed E-state index contributed by atoms with van der Waals surface area (Å²) in [5.74, 6) is 1.42. The van der Waals surface area contributed by atoms with E-state index in [0.29, 0.717) is 16.3 Å². The fraction of sp³-hybridized carbons (Fsp3) is 0. The summed E-state index contributed by atoms with van der Waals surface area (Å²) in [7, 11) is 0. The van der Waals surface area contributed by atoms with Crippen LogP contribution in [0.2, 0.25) is 0 Å². The van der Waals surface area contributed by atoms with Gasteiger partial charge in [0.15, 0.2) is 0 Å².